The summed E-state index contributed by atoms with van der Waals surface area (Å²) in [4.78, 5) is 14.8. The van der Waals surface area contributed by atoms with E-state index in [4.69, 9.17) is 5.73 Å². The van der Waals surface area contributed by atoms with Crippen molar-refractivity contribution in [1.29, 1.82) is 0 Å². The normalized spacial score (nSPS) is 18.3. The van der Waals surface area contributed by atoms with Gasteiger partial charge in [0.15, 0.2) is 0 Å². The molecule has 1 amide bonds. The van der Waals surface area contributed by atoms with Crippen molar-refractivity contribution in [2.75, 3.05) is 13.1 Å². The fourth-order valence-corrected chi connectivity index (χ4v) is 3.51. The third kappa shape index (κ3) is 3.04. The summed E-state index contributed by atoms with van der Waals surface area (Å²) in [5, 5.41) is 0. The number of piperidine rings is 1. The maximum Gasteiger partial charge on any atom is 0.255 e. The molecule has 1 fully saturated rings. The summed E-state index contributed by atoms with van der Waals surface area (Å²) in [5.41, 5.74) is 11.2. The highest BCUT2D eigenvalue weighted by molar-refractivity contribution is 5.96. The maximum atomic E-state index is 12.9. The summed E-state index contributed by atoms with van der Waals surface area (Å²) in [7, 11) is 0. The van der Waals surface area contributed by atoms with E-state index in [9.17, 15) is 4.79 Å². The Kier molecular flexibility index (Phi) is 4.26. The van der Waals surface area contributed by atoms with Gasteiger partial charge in [0.25, 0.3) is 5.91 Å². The van der Waals surface area contributed by atoms with Gasteiger partial charge in [-0.2, -0.15) is 0 Å². The highest BCUT2D eigenvalue weighted by Crippen LogP contribution is 2.23. The molecule has 1 saturated heterocycles. The zero-order valence-corrected chi connectivity index (χ0v) is 14.2. The van der Waals surface area contributed by atoms with Crippen LogP contribution in [0, 0.1) is 20.8 Å². The lowest BCUT2D eigenvalue weighted by Gasteiger charge is -2.30. The van der Waals surface area contributed by atoms with Crippen LogP contribution in [0.3, 0.4) is 0 Å². The molecule has 3 rings (SSSR count). The number of likely N-dealkylation sites (tertiary alicyclic amines) is 1. The molecule has 0 aliphatic carbocycles. The largest absolute Gasteiger partial charge is 0.337 e. The van der Waals surface area contributed by atoms with Crippen LogP contribution in [-0.4, -0.2) is 34.5 Å². The summed E-state index contributed by atoms with van der Waals surface area (Å²) < 4.78 is 2.16. The Balaban J connectivity index is 1.96. The first-order valence-corrected chi connectivity index (χ1v) is 8.28. The highest BCUT2D eigenvalue weighted by atomic mass is 16.2. The van der Waals surface area contributed by atoms with Crippen LogP contribution >= 0.6 is 0 Å². The Morgan fingerprint density at radius 1 is 1.22 bits per heavy atom. The molecular weight excluding hydrogens is 286 g/mol. The molecule has 0 radical (unpaired) electrons. The quantitative estimate of drug-likeness (QED) is 0.927. The zero-order chi connectivity index (χ0) is 16.6. The van der Waals surface area contributed by atoms with Crippen LogP contribution in [-0.2, 0) is 0 Å². The molecule has 1 aromatic carbocycles. The standard InChI is InChI=1S/C19H25N3O/c1-13-6-4-8-17(10-13)22-14(2)11-18(15(22)3)19(23)21-9-5-7-16(20)12-21/h4,6,8,10-11,16H,5,7,9,12,20H2,1-3H3. The second-order valence-corrected chi connectivity index (χ2v) is 6.61. The first kappa shape index (κ1) is 15.8. The van der Waals surface area contributed by atoms with Gasteiger partial charge in [-0.25, -0.2) is 0 Å². The number of benzene rings is 1. The Bertz CT molecular complexity index is 732. The number of aromatic nitrogens is 1. The van der Waals surface area contributed by atoms with E-state index in [1.807, 2.05) is 24.8 Å². The number of carbonyl (C=O) groups is 1. The Morgan fingerprint density at radius 2 is 2.00 bits per heavy atom. The van der Waals surface area contributed by atoms with Gasteiger partial charge in [0.1, 0.15) is 0 Å². The number of hydrogen-bond donors (Lipinski definition) is 1. The van der Waals surface area contributed by atoms with Gasteiger partial charge in [-0.05, 0) is 57.4 Å². The Morgan fingerprint density at radius 3 is 2.70 bits per heavy atom. The molecule has 4 heteroatoms. The van der Waals surface area contributed by atoms with Gasteiger partial charge in [0, 0.05) is 36.2 Å². The number of nitrogens with zero attached hydrogens (tertiary/aromatic N) is 2. The fourth-order valence-electron chi connectivity index (χ4n) is 3.51. The fraction of sp³-hybridized carbons (Fsp3) is 0.421. The van der Waals surface area contributed by atoms with E-state index in [1.165, 1.54) is 5.56 Å². The van der Waals surface area contributed by atoms with Crippen LogP contribution in [0.5, 0.6) is 0 Å². The summed E-state index contributed by atoms with van der Waals surface area (Å²) >= 11 is 0. The van der Waals surface area contributed by atoms with Crippen molar-refractivity contribution < 1.29 is 4.79 Å². The lowest BCUT2D eigenvalue weighted by atomic mass is 10.1. The third-order valence-corrected chi connectivity index (χ3v) is 4.67. The van der Waals surface area contributed by atoms with E-state index in [0.29, 0.717) is 6.54 Å². The number of hydrogen-bond acceptors (Lipinski definition) is 2. The van der Waals surface area contributed by atoms with Crippen LogP contribution in [0.15, 0.2) is 30.3 Å². The summed E-state index contributed by atoms with van der Waals surface area (Å²) in [5.74, 6) is 0.104. The molecule has 0 bridgehead atoms. The Labute approximate surface area is 137 Å². The van der Waals surface area contributed by atoms with Gasteiger partial charge in [-0.1, -0.05) is 12.1 Å². The van der Waals surface area contributed by atoms with Crippen molar-refractivity contribution >= 4 is 5.91 Å². The van der Waals surface area contributed by atoms with Crippen LogP contribution in [0.25, 0.3) is 5.69 Å². The van der Waals surface area contributed by atoms with Gasteiger partial charge in [0.2, 0.25) is 0 Å². The van der Waals surface area contributed by atoms with E-state index in [2.05, 4.69) is 35.8 Å². The molecule has 2 aromatic rings. The van der Waals surface area contributed by atoms with Crippen molar-refractivity contribution in [2.24, 2.45) is 5.73 Å². The number of nitrogens with two attached hydrogens (primary N) is 1. The van der Waals surface area contributed by atoms with E-state index in [0.717, 1.165) is 42.0 Å². The summed E-state index contributed by atoms with van der Waals surface area (Å²) in [6.07, 6.45) is 2.00. The van der Waals surface area contributed by atoms with Gasteiger partial charge in [-0.3, -0.25) is 4.79 Å². The van der Waals surface area contributed by atoms with Crippen molar-refractivity contribution in [2.45, 2.75) is 39.7 Å². The van der Waals surface area contributed by atoms with Crippen molar-refractivity contribution in [1.82, 2.24) is 9.47 Å². The average molecular weight is 311 g/mol. The predicted octanol–water partition coefficient (Wildman–Crippen LogP) is 2.97. The topological polar surface area (TPSA) is 51.3 Å². The number of rotatable bonds is 2. The molecule has 1 atom stereocenters. The monoisotopic (exact) mass is 311 g/mol. The van der Waals surface area contributed by atoms with Crippen LogP contribution < -0.4 is 5.73 Å². The number of carbonyl (C=O) groups excluding carboxylic acids is 1. The molecule has 0 saturated carbocycles. The van der Waals surface area contributed by atoms with Crippen molar-refractivity contribution in [3.63, 3.8) is 0 Å². The van der Waals surface area contributed by atoms with Crippen molar-refractivity contribution in [3.05, 3.63) is 52.8 Å². The van der Waals surface area contributed by atoms with Crippen LogP contribution in [0.1, 0.15) is 40.2 Å². The lowest BCUT2D eigenvalue weighted by Crippen LogP contribution is -2.45. The predicted molar refractivity (Wildman–Crippen MR) is 93.1 cm³/mol. The summed E-state index contributed by atoms with van der Waals surface area (Å²) in [6, 6.07) is 10.5. The number of aryl methyl sites for hydroxylation is 2. The van der Waals surface area contributed by atoms with E-state index >= 15 is 0 Å². The second-order valence-electron chi connectivity index (χ2n) is 6.61. The summed E-state index contributed by atoms with van der Waals surface area (Å²) in [6.45, 7) is 7.62. The molecule has 0 spiro atoms. The number of amides is 1. The molecule has 4 nitrogen and oxygen atoms in total. The lowest BCUT2D eigenvalue weighted by molar-refractivity contribution is 0.0708. The first-order valence-electron chi connectivity index (χ1n) is 8.28. The minimum absolute atomic E-state index is 0.104. The molecule has 1 aliphatic rings. The smallest absolute Gasteiger partial charge is 0.255 e. The maximum absolute atomic E-state index is 12.9. The minimum Gasteiger partial charge on any atom is -0.337 e. The molecule has 23 heavy (non-hydrogen) atoms. The molecule has 1 aromatic heterocycles. The molecular formula is C19H25N3O. The second kappa shape index (κ2) is 6.20. The van der Waals surface area contributed by atoms with Gasteiger partial charge >= 0.3 is 0 Å². The first-order chi connectivity index (χ1) is 11.0. The molecule has 122 valence electrons. The SMILES string of the molecule is Cc1cccc(-n2c(C)cc(C(=O)N3CCCC(N)C3)c2C)c1. The van der Waals surface area contributed by atoms with Gasteiger partial charge in [-0.15, -0.1) is 0 Å². The molecule has 1 aliphatic heterocycles. The average Bonchev–Trinajstić information content (AvgIpc) is 2.81. The molecule has 2 heterocycles. The molecule has 2 N–H and O–H groups in total. The van der Waals surface area contributed by atoms with E-state index < -0.39 is 0 Å². The third-order valence-electron chi connectivity index (χ3n) is 4.67. The zero-order valence-electron chi connectivity index (χ0n) is 14.2. The van der Waals surface area contributed by atoms with E-state index in [1.54, 1.807) is 0 Å². The van der Waals surface area contributed by atoms with E-state index in [-0.39, 0.29) is 11.9 Å². The minimum atomic E-state index is 0.104. The van der Waals surface area contributed by atoms with Crippen LogP contribution in [0.4, 0.5) is 0 Å². The van der Waals surface area contributed by atoms with Crippen molar-refractivity contribution in [3.8, 4) is 5.69 Å². The Hall–Kier alpha value is -2.07. The van der Waals surface area contributed by atoms with Gasteiger partial charge < -0.3 is 15.2 Å². The highest BCUT2D eigenvalue weighted by Gasteiger charge is 2.25. The molecule has 1 unspecified atom stereocenters. The van der Waals surface area contributed by atoms with Gasteiger partial charge in [0.05, 0.1) is 5.56 Å². The van der Waals surface area contributed by atoms with Crippen LogP contribution in [0.2, 0.25) is 0 Å².